The Labute approximate surface area is 112 Å². The Bertz CT molecular complexity index is 378. The minimum absolute atomic E-state index is 0.132. The van der Waals surface area contributed by atoms with Gasteiger partial charge in [0.05, 0.1) is 16.7 Å². The monoisotopic (exact) mass is 273 g/mol. The molecule has 0 aromatic heterocycles. The van der Waals surface area contributed by atoms with Gasteiger partial charge in [0.1, 0.15) is 0 Å². The molecule has 1 aliphatic rings. The third-order valence-corrected chi connectivity index (χ3v) is 4.00. The normalized spacial score (nSPS) is 22.4. The van der Waals surface area contributed by atoms with Gasteiger partial charge in [-0.3, -0.25) is 0 Å². The highest BCUT2D eigenvalue weighted by atomic mass is 35.5. The summed E-state index contributed by atoms with van der Waals surface area (Å²) in [6, 6.07) is 5.83. The Balaban J connectivity index is 1.96. The van der Waals surface area contributed by atoms with Crippen molar-refractivity contribution in [2.24, 2.45) is 11.7 Å². The molecule has 0 bridgehead atoms. The second-order valence-corrected chi connectivity index (χ2v) is 5.41. The largest absolute Gasteiger partial charge is 0.381 e. The number of nitrogens with two attached hydrogens (primary N) is 1. The second kappa shape index (κ2) is 6.05. The highest BCUT2D eigenvalue weighted by molar-refractivity contribution is 6.42. The standard InChI is InChI=1S/C13H17Cl2NO/c14-11-4-3-9(6-12(11)15)7-13(16)10-2-1-5-17-8-10/h3-4,6,10,13H,1-2,5,7-8,16H2. The molecule has 1 aromatic rings. The summed E-state index contributed by atoms with van der Waals surface area (Å²) in [6.45, 7) is 1.65. The van der Waals surface area contributed by atoms with Crippen molar-refractivity contribution in [2.75, 3.05) is 13.2 Å². The molecule has 1 heterocycles. The van der Waals surface area contributed by atoms with Crippen molar-refractivity contribution >= 4 is 23.2 Å². The fourth-order valence-electron chi connectivity index (χ4n) is 2.21. The van der Waals surface area contributed by atoms with Crippen LogP contribution in [0.3, 0.4) is 0 Å². The van der Waals surface area contributed by atoms with E-state index in [9.17, 15) is 0 Å². The predicted molar refractivity (Wildman–Crippen MR) is 71.7 cm³/mol. The number of hydrogen-bond acceptors (Lipinski definition) is 2. The smallest absolute Gasteiger partial charge is 0.0595 e. The zero-order valence-electron chi connectivity index (χ0n) is 9.66. The van der Waals surface area contributed by atoms with Crippen molar-refractivity contribution < 1.29 is 4.74 Å². The molecule has 1 fully saturated rings. The lowest BCUT2D eigenvalue weighted by Gasteiger charge is -2.27. The topological polar surface area (TPSA) is 35.2 Å². The van der Waals surface area contributed by atoms with Crippen molar-refractivity contribution in [3.8, 4) is 0 Å². The van der Waals surface area contributed by atoms with Crippen LogP contribution < -0.4 is 5.73 Å². The predicted octanol–water partition coefficient (Wildman–Crippen LogP) is 3.29. The maximum atomic E-state index is 6.21. The molecule has 2 nitrogen and oxygen atoms in total. The molecule has 2 rings (SSSR count). The van der Waals surface area contributed by atoms with Crippen LogP contribution in [-0.2, 0) is 11.2 Å². The highest BCUT2D eigenvalue weighted by Gasteiger charge is 2.21. The van der Waals surface area contributed by atoms with Gasteiger partial charge in [0.15, 0.2) is 0 Å². The van der Waals surface area contributed by atoms with Crippen LogP contribution in [0.5, 0.6) is 0 Å². The average molecular weight is 274 g/mol. The summed E-state index contributed by atoms with van der Waals surface area (Å²) >= 11 is 11.9. The van der Waals surface area contributed by atoms with Gasteiger partial charge in [0.2, 0.25) is 0 Å². The minimum atomic E-state index is 0.132. The molecular formula is C13H17Cl2NO. The Morgan fingerprint density at radius 3 is 2.82 bits per heavy atom. The zero-order valence-corrected chi connectivity index (χ0v) is 11.2. The van der Waals surface area contributed by atoms with E-state index in [1.165, 1.54) is 0 Å². The molecule has 2 N–H and O–H groups in total. The molecule has 0 spiro atoms. The third-order valence-electron chi connectivity index (χ3n) is 3.26. The summed E-state index contributed by atoms with van der Waals surface area (Å²) in [5, 5.41) is 1.18. The van der Waals surface area contributed by atoms with Gasteiger partial charge in [0, 0.05) is 12.6 Å². The molecule has 0 saturated carbocycles. The van der Waals surface area contributed by atoms with E-state index >= 15 is 0 Å². The van der Waals surface area contributed by atoms with Gasteiger partial charge in [0.25, 0.3) is 0 Å². The fourth-order valence-corrected chi connectivity index (χ4v) is 2.53. The van der Waals surface area contributed by atoms with Crippen LogP contribution in [0, 0.1) is 5.92 Å². The minimum Gasteiger partial charge on any atom is -0.381 e. The number of ether oxygens (including phenoxy) is 1. The lowest BCUT2D eigenvalue weighted by Crippen LogP contribution is -2.37. The Morgan fingerprint density at radius 2 is 2.18 bits per heavy atom. The summed E-state index contributed by atoms with van der Waals surface area (Å²) < 4.78 is 5.46. The first kappa shape index (κ1) is 13.2. The van der Waals surface area contributed by atoms with Gasteiger partial charge in [-0.1, -0.05) is 29.3 Å². The first-order chi connectivity index (χ1) is 8.16. The van der Waals surface area contributed by atoms with Gasteiger partial charge in [-0.2, -0.15) is 0 Å². The van der Waals surface area contributed by atoms with E-state index in [-0.39, 0.29) is 6.04 Å². The third kappa shape index (κ3) is 3.59. The maximum absolute atomic E-state index is 6.21. The molecule has 1 aromatic carbocycles. The van der Waals surface area contributed by atoms with E-state index in [1.54, 1.807) is 0 Å². The molecule has 0 aliphatic carbocycles. The Kier molecular flexibility index (Phi) is 4.69. The van der Waals surface area contributed by atoms with Crippen LogP contribution in [0.4, 0.5) is 0 Å². The summed E-state index contributed by atoms with van der Waals surface area (Å²) in [4.78, 5) is 0. The van der Waals surface area contributed by atoms with E-state index in [0.29, 0.717) is 16.0 Å². The van der Waals surface area contributed by atoms with E-state index in [0.717, 1.165) is 38.0 Å². The van der Waals surface area contributed by atoms with E-state index < -0.39 is 0 Å². The van der Waals surface area contributed by atoms with E-state index in [4.69, 9.17) is 33.7 Å². The lowest BCUT2D eigenvalue weighted by atomic mass is 9.90. The van der Waals surface area contributed by atoms with Gasteiger partial charge in [-0.25, -0.2) is 0 Å². The Morgan fingerprint density at radius 1 is 1.35 bits per heavy atom. The molecular weight excluding hydrogens is 257 g/mol. The molecule has 2 atom stereocenters. The number of benzene rings is 1. The van der Waals surface area contributed by atoms with Gasteiger partial charge in [-0.15, -0.1) is 0 Å². The summed E-state index contributed by atoms with van der Waals surface area (Å²) in [7, 11) is 0. The molecule has 0 amide bonds. The van der Waals surface area contributed by atoms with Crippen molar-refractivity contribution in [1.82, 2.24) is 0 Å². The maximum Gasteiger partial charge on any atom is 0.0595 e. The van der Waals surface area contributed by atoms with Crippen molar-refractivity contribution in [2.45, 2.75) is 25.3 Å². The highest BCUT2D eigenvalue weighted by Crippen LogP contribution is 2.25. The second-order valence-electron chi connectivity index (χ2n) is 4.59. The quantitative estimate of drug-likeness (QED) is 0.918. The Hall–Kier alpha value is -0.280. The molecule has 4 heteroatoms. The van der Waals surface area contributed by atoms with Gasteiger partial charge in [-0.05, 0) is 42.9 Å². The lowest BCUT2D eigenvalue weighted by molar-refractivity contribution is 0.0450. The fraction of sp³-hybridized carbons (Fsp3) is 0.538. The molecule has 94 valence electrons. The van der Waals surface area contributed by atoms with Crippen LogP contribution in [0.25, 0.3) is 0 Å². The summed E-state index contributed by atoms with van der Waals surface area (Å²) in [5.41, 5.74) is 7.35. The van der Waals surface area contributed by atoms with Crippen LogP contribution in [0.15, 0.2) is 18.2 Å². The van der Waals surface area contributed by atoms with Crippen LogP contribution in [0.2, 0.25) is 10.0 Å². The van der Waals surface area contributed by atoms with Crippen molar-refractivity contribution in [1.29, 1.82) is 0 Å². The summed E-state index contributed by atoms with van der Waals surface area (Å²) in [6.07, 6.45) is 3.09. The molecule has 17 heavy (non-hydrogen) atoms. The van der Waals surface area contributed by atoms with Gasteiger partial charge < -0.3 is 10.5 Å². The van der Waals surface area contributed by atoms with Crippen LogP contribution >= 0.6 is 23.2 Å². The molecule has 1 saturated heterocycles. The SMILES string of the molecule is NC(Cc1ccc(Cl)c(Cl)c1)C1CCCOC1. The average Bonchev–Trinajstić information content (AvgIpc) is 2.35. The van der Waals surface area contributed by atoms with Crippen molar-refractivity contribution in [3.05, 3.63) is 33.8 Å². The van der Waals surface area contributed by atoms with Crippen LogP contribution in [-0.4, -0.2) is 19.3 Å². The number of hydrogen-bond donors (Lipinski definition) is 1. The van der Waals surface area contributed by atoms with Gasteiger partial charge >= 0.3 is 0 Å². The molecule has 2 unspecified atom stereocenters. The number of rotatable bonds is 3. The first-order valence-electron chi connectivity index (χ1n) is 5.94. The van der Waals surface area contributed by atoms with E-state index in [2.05, 4.69) is 0 Å². The number of halogens is 2. The van der Waals surface area contributed by atoms with Crippen molar-refractivity contribution in [3.63, 3.8) is 0 Å². The van der Waals surface area contributed by atoms with E-state index in [1.807, 2.05) is 18.2 Å². The zero-order chi connectivity index (χ0) is 12.3. The first-order valence-corrected chi connectivity index (χ1v) is 6.69. The molecule has 0 radical (unpaired) electrons. The van der Waals surface area contributed by atoms with Crippen LogP contribution in [0.1, 0.15) is 18.4 Å². The molecule has 1 aliphatic heterocycles. The summed E-state index contributed by atoms with van der Waals surface area (Å²) in [5.74, 6) is 0.457.